The van der Waals surface area contributed by atoms with Crippen molar-refractivity contribution in [1.29, 1.82) is 0 Å². The van der Waals surface area contributed by atoms with Crippen LogP contribution in [0.1, 0.15) is 17.1 Å². The monoisotopic (exact) mass is 295 g/mol. The number of ether oxygens (including phenoxy) is 1. The zero-order valence-corrected chi connectivity index (χ0v) is 11.2. The average Bonchev–Trinajstić information content (AvgIpc) is 2.69. The van der Waals surface area contributed by atoms with E-state index in [0.717, 1.165) is 27.3 Å². The second-order valence-electron chi connectivity index (χ2n) is 3.77. The summed E-state index contributed by atoms with van der Waals surface area (Å²) in [6, 6.07) is 9.65. The molecule has 0 fully saturated rings. The Kier molecular flexibility index (Phi) is 3.86. The van der Waals surface area contributed by atoms with Crippen LogP contribution in [0.2, 0.25) is 0 Å². The van der Waals surface area contributed by atoms with Crippen LogP contribution >= 0.6 is 15.9 Å². The van der Waals surface area contributed by atoms with Gasteiger partial charge in [-0.25, -0.2) is 0 Å². The summed E-state index contributed by atoms with van der Waals surface area (Å²) in [5, 5.41) is 0. The van der Waals surface area contributed by atoms with Gasteiger partial charge in [-0.3, -0.25) is 0 Å². The molecule has 0 radical (unpaired) electrons. The van der Waals surface area contributed by atoms with Gasteiger partial charge in [0.25, 0.3) is 0 Å². The molecule has 0 amide bonds. The maximum Gasteiger partial charge on any atom is 0.146 e. The molecule has 0 spiro atoms. The lowest BCUT2D eigenvalue weighted by molar-refractivity contribution is 0.266. The third-order valence-electron chi connectivity index (χ3n) is 2.45. The molecule has 3 nitrogen and oxygen atoms in total. The van der Waals surface area contributed by atoms with Gasteiger partial charge in [0.05, 0.1) is 6.54 Å². The van der Waals surface area contributed by atoms with Crippen molar-refractivity contribution >= 4 is 15.9 Å². The molecule has 90 valence electrons. The summed E-state index contributed by atoms with van der Waals surface area (Å²) < 4.78 is 12.2. The van der Waals surface area contributed by atoms with Gasteiger partial charge in [0.1, 0.15) is 23.9 Å². The van der Waals surface area contributed by atoms with Gasteiger partial charge >= 0.3 is 0 Å². The molecule has 17 heavy (non-hydrogen) atoms. The molecular weight excluding hydrogens is 282 g/mol. The number of hydrogen-bond acceptors (Lipinski definition) is 3. The number of furan rings is 1. The average molecular weight is 296 g/mol. The molecule has 0 aliphatic heterocycles. The van der Waals surface area contributed by atoms with Gasteiger partial charge in [-0.05, 0) is 42.8 Å². The summed E-state index contributed by atoms with van der Waals surface area (Å²) in [5.41, 5.74) is 6.62. The maximum absolute atomic E-state index is 5.60. The van der Waals surface area contributed by atoms with Gasteiger partial charge in [-0.15, -0.1) is 0 Å². The van der Waals surface area contributed by atoms with Crippen molar-refractivity contribution < 1.29 is 9.15 Å². The number of benzene rings is 1. The van der Waals surface area contributed by atoms with E-state index < -0.39 is 0 Å². The fraction of sp³-hybridized carbons (Fsp3) is 0.231. The van der Waals surface area contributed by atoms with Crippen molar-refractivity contribution in [2.45, 2.75) is 20.1 Å². The molecule has 0 aliphatic carbocycles. The molecule has 1 heterocycles. The van der Waals surface area contributed by atoms with Gasteiger partial charge in [0.15, 0.2) is 0 Å². The molecule has 0 saturated carbocycles. The molecule has 0 saturated heterocycles. The van der Waals surface area contributed by atoms with E-state index >= 15 is 0 Å². The molecule has 1 aromatic carbocycles. The van der Waals surface area contributed by atoms with Crippen molar-refractivity contribution in [2.24, 2.45) is 5.73 Å². The van der Waals surface area contributed by atoms with Crippen LogP contribution in [0.4, 0.5) is 0 Å². The summed E-state index contributed by atoms with van der Waals surface area (Å²) in [7, 11) is 0. The highest BCUT2D eigenvalue weighted by molar-refractivity contribution is 9.10. The van der Waals surface area contributed by atoms with Gasteiger partial charge < -0.3 is 14.9 Å². The third-order valence-corrected chi connectivity index (χ3v) is 2.98. The minimum absolute atomic E-state index is 0.419. The lowest BCUT2D eigenvalue weighted by Gasteiger charge is -2.03. The maximum atomic E-state index is 5.60. The summed E-state index contributed by atoms with van der Waals surface area (Å²) in [6.07, 6.45) is 0. The van der Waals surface area contributed by atoms with Crippen LogP contribution in [0.5, 0.6) is 5.75 Å². The molecule has 0 unspecified atom stereocenters. The Balaban J connectivity index is 1.99. The highest BCUT2D eigenvalue weighted by atomic mass is 79.9. The Labute approximate surface area is 109 Å². The number of rotatable bonds is 4. The van der Waals surface area contributed by atoms with Gasteiger partial charge in [0, 0.05) is 4.47 Å². The lowest BCUT2D eigenvalue weighted by Crippen LogP contribution is -1.96. The van der Waals surface area contributed by atoms with E-state index in [9.17, 15) is 0 Å². The summed E-state index contributed by atoms with van der Waals surface area (Å²) in [5.74, 6) is 2.43. The zero-order chi connectivity index (χ0) is 12.3. The molecule has 2 aromatic rings. The second kappa shape index (κ2) is 5.38. The Bertz CT molecular complexity index is 491. The van der Waals surface area contributed by atoms with Crippen molar-refractivity contribution in [2.75, 3.05) is 0 Å². The molecule has 1 aromatic heterocycles. The number of nitrogens with two attached hydrogens (primary N) is 1. The van der Waals surface area contributed by atoms with Crippen LogP contribution in [0.3, 0.4) is 0 Å². The number of aryl methyl sites for hydroxylation is 1. The van der Waals surface area contributed by atoms with Crippen molar-refractivity contribution in [1.82, 2.24) is 0 Å². The van der Waals surface area contributed by atoms with Gasteiger partial charge in [-0.2, -0.15) is 0 Å². The summed E-state index contributed by atoms with van der Waals surface area (Å²) >= 11 is 3.38. The molecule has 0 bridgehead atoms. The minimum Gasteiger partial charge on any atom is -0.486 e. The Morgan fingerprint density at radius 3 is 2.59 bits per heavy atom. The third kappa shape index (κ3) is 3.11. The molecule has 0 atom stereocenters. The molecule has 2 rings (SSSR count). The first-order valence-electron chi connectivity index (χ1n) is 5.35. The van der Waals surface area contributed by atoms with Crippen molar-refractivity contribution in [3.05, 3.63) is 51.9 Å². The van der Waals surface area contributed by atoms with Gasteiger partial charge in [0.2, 0.25) is 0 Å². The Morgan fingerprint density at radius 1 is 1.29 bits per heavy atom. The Hall–Kier alpha value is -1.26. The first-order valence-corrected chi connectivity index (χ1v) is 6.15. The highest BCUT2D eigenvalue weighted by Gasteiger charge is 2.06. The fourth-order valence-electron chi connectivity index (χ4n) is 1.55. The SMILES string of the molecule is Cc1cc(COc2ccc(Br)cc2)oc1CN. The molecule has 4 heteroatoms. The van der Waals surface area contributed by atoms with E-state index in [4.69, 9.17) is 14.9 Å². The fourth-order valence-corrected chi connectivity index (χ4v) is 1.81. The van der Waals surface area contributed by atoms with E-state index in [1.165, 1.54) is 0 Å². The topological polar surface area (TPSA) is 48.4 Å². The van der Waals surface area contributed by atoms with E-state index in [0.29, 0.717) is 13.2 Å². The first-order chi connectivity index (χ1) is 8.19. The van der Waals surface area contributed by atoms with Crippen LogP contribution in [0.15, 0.2) is 39.2 Å². The summed E-state index contributed by atoms with van der Waals surface area (Å²) in [6.45, 7) is 2.82. The predicted octanol–water partition coefficient (Wildman–Crippen LogP) is 3.39. The summed E-state index contributed by atoms with van der Waals surface area (Å²) in [4.78, 5) is 0. The molecule has 0 aliphatic rings. The zero-order valence-electron chi connectivity index (χ0n) is 9.57. The van der Waals surface area contributed by atoms with Crippen molar-refractivity contribution in [3.63, 3.8) is 0 Å². The molecule has 2 N–H and O–H groups in total. The Morgan fingerprint density at radius 2 is 2.00 bits per heavy atom. The van der Waals surface area contributed by atoms with Crippen LogP contribution in [-0.2, 0) is 13.2 Å². The largest absolute Gasteiger partial charge is 0.486 e. The van der Waals surface area contributed by atoms with E-state index in [-0.39, 0.29) is 0 Å². The van der Waals surface area contributed by atoms with Crippen LogP contribution < -0.4 is 10.5 Å². The highest BCUT2D eigenvalue weighted by Crippen LogP contribution is 2.19. The predicted molar refractivity (Wildman–Crippen MR) is 69.8 cm³/mol. The van der Waals surface area contributed by atoms with Crippen molar-refractivity contribution in [3.8, 4) is 5.75 Å². The lowest BCUT2D eigenvalue weighted by atomic mass is 10.3. The van der Waals surface area contributed by atoms with E-state index in [1.807, 2.05) is 37.3 Å². The number of hydrogen-bond donors (Lipinski definition) is 1. The molecular formula is C13H14BrNO2. The van der Waals surface area contributed by atoms with E-state index in [2.05, 4.69) is 15.9 Å². The van der Waals surface area contributed by atoms with Crippen LogP contribution in [0, 0.1) is 6.92 Å². The minimum atomic E-state index is 0.419. The van der Waals surface area contributed by atoms with Crippen LogP contribution in [0.25, 0.3) is 0 Å². The van der Waals surface area contributed by atoms with E-state index in [1.54, 1.807) is 0 Å². The second-order valence-corrected chi connectivity index (χ2v) is 4.68. The standard InChI is InChI=1S/C13H14BrNO2/c1-9-6-12(17-13(9)7-15)8-16-11-4-2-10(14)3-5-11/h2-6H,7-8,15H2,1H3. The van der Waals surface area contributed by atoms with Gasteiger partial charge in [-0.1, -0.05) is 15.9 Å². The van der Waals surface area contributed by atoms with Crippen LogP contribution in [-0.4, -0.2) is 0 Å². The normalized spacial score (nSPS) is 10.5. The first kappa shape index (κ1) is 12.2. The quantitative estimate of drug-likeness (QED) is 0.940. The number of halogens is 1. The smallest absolute Gasteiger partial charge is 0.146 e.